The summed E-state index contributed by atoms with van der Waals surface area (Å²) in [5, 5.41) is 0. The highest BCUT2D eigenvalue weighted by atomic mass is 16.6. The van der Waals surface area contributed by atoms with E-state index in [0.29, 0.717) is 106 Å². The molecule has 0 aromatic heterocycles. The van der Waals surface area contributed by atoms with E-state index in [0.717, 1.165) is 13.2 Å². The monoisotopic (exact) mass is 497 g/mol. The molecule has 0 unspecified atom stereocenters. The number of likely N-dealkylation sites (N-methyl/N-ethyl adjacent to an activating group) is 1. The maximum absolute atomic E-state index is 11.1. The second-order valence-corrected chi connectivity index (χ2v) is 7.26. The standard InChI is InChI=1S/C23H47NO10/c1-4-34-23(25)5-7-26-9-11-28-13-15-30-17-19-32-21-22-33-20-18-31-16-14-29-12-10-27-8-6-24(2)3/h4-22H2,1-3H3. The van der Waals surface area contributed by atoms with Gasteiger partial charge < -0.3 is 47.5 Å². The van der Waals surface area contributed by atoms with Crippen LogP contribution in [0.1, 0.15) is 13.3 Å². The first-order chi connectivity index (χ1) is 16.7. The van der Waals surface area contributed by atoms with Crippen LogP contribution in [0.3, 0.4) is 0 Å². The van der Waals surface area contributed by atoms with Crippen molar-refractivity contribution < 1.29 is 47.4 Å². The van der Waals surface area contributed by atoms with Crippen LogP contribution in [-0.4, -0.2) is 144 Å². The topological polar surface area (TPSA) is 103 Å². The second kappa shape index (κ2) is 28.3. The number of carbonyl (C=O) groups excluding carboxylic acids is 1. The predicted octanol–water partition coefficient (Wildman–Crippen LogP) is 0.634. The van der Waals surface area contributed by atoms with Crippen molar-refractivity contribution in [1.82, 2.24) is 4.90 Å². The number of ether oxygens (including phenoxy) is 9. The van der Waals surface area contributed by atoms with Gasteiger partial charge in [-0.25, -0.2) is 0 Å². The first-order valence-corrected chi connectivity index (χ1v) is 12.1. The van der Waals surface area contributed by atoms with E-state index in [1.807, 2.05) is 14.1 Å². The Bertz CT molecular complexity index is 415. The van der Waals surface area contributed by atoms with Gasteiger partial charge in [0.2, 0.25) is 0 Å². The highest BCUT2D eigenvalue weighted by molar-refractivity contribution is 5.69. The van der Waals surface area contributed by atoms with Crippen molar-refractivity contribution in [2.75, 3.05) is 133 Å². The summed E-state index contributed by atoms with van der Waals surface area (Å²) >= 11 is 0. The lowest BCUT2D eigenvalue weighted by Crippen LogP contribution is -2.19. The first-order valence-electron chi connectivity index (χ1n) is 12.1. The maximum Gasteiger partial charge on any atom is 0.308 e. The van der Waals surface area contributed by atoms with Gasteiger partial charge in [0.25, 0.3) is 0 Å². The summed E-state index contributed by atoms with van der Waals surface area (Å²) in [6, 6.07) is 0. The highest BCUT2D eigenvalue weighted by Gasteiger charge is 2.00. The Labute approximate surface area is 205 Å². The summed E-state index contributed by atoms with van der Waals surface area (Å²) in [5.41, 5.74) is 0. The largest absolute Gasteiger partial charge is 0.466 e. The van der Waals surface area contributed by atoms with Crippen LogP contribution in [0.2, 0.25) is 0 Å². The molecular weight excluding hydrogens is 450 g/mol. The molecule has 0 bridgehead atoms. The summed E-state index contributed by atoms with van der Waals surface area (Å²) in [7, 11) is 4.03. The van der Waals surface area contributed by atoms with Gasteiger partial charge in [-0.15, -0.1) is 0 Å². The molecule has 0 aromatic carbocycles. The lowest BCUT2D eigenvalue weighted by molar-refractivity contribution is -0.144. The van der Waals surface area contributed by atoms with E-state index < -0.39 is 0 Å². The molecule has 11 nitrogen and oxygen atoms in total. The van der Waals surface area contributed by atoms with Gasteiger partial charge in [-0.1, -0.05) is 0 Å². The Hall–Kier alpha value is -0.890. The van der Waals surface area contributed by atoms with E-state index in [9.17, 15) is 4.79 Å². The number of hydrogen-bond donors (Lipinski definition) is 0. The number of carbonyl (C=O) groups is 1. The Morgan fingerprint density at radius 3 is 1.09 bits per heavy atom. The minimum Gasteiger partial charge on any atom is -0.466 e. The van der Waals surface area contributed by atoms with Crippen LogP contribution < -0.4 is 0 Å². The smallest absolute Gasteiger partial charge is 0.308 e. The van der Waals surface area contributed by atoms with Gasteiger partial charge >= 0.3 is 5.97 Å². The molecule has 0 aliphatic carbocycles. The average Bonchev–Trinajstić information content (AvgIpc) is 2.81. The molecule has 0 saturated heterocycles. The molecule has 0 aliphatic heterocycles. The first kappa shape index (κ1) is 33.1. The van der Waals surface area contributed by atoms with Gasteiger partial charge in [-0.3, -0.25) is 4.79 Å². The second-order valence-electron chi connectivity index (χ2n) is 7.26. The molecule has 0 aliphatic rings. The lowest BCUT2D eigenvalue weighted by atomic mass is 10.5. The van der Waals surface area contributed by atoms with Gasteiger partial charge in [-0.2, -0.15) is 0 Å². The summed E-state index contributed by atoms with van der Waals surface area (Å²) in [6.45, 7) is 11.4. The Balaban J connectivity index is 3.05. The van der Waals surface area contributed by atoms with Crippen LogP contribution in [0.25, 0.3) is 0 Å². The third-order valence-electron chi connectivity index (χ3n) is 4.04. The third-order valence-corrected chi connectivity index (χ3v) is 4.04. The molecule has 0 radical (unpaired) electrons. The average molecular weight is 498 g/mol. The van der Waals surface area contributed by atoms with Crippen LogP contribution in [0.4, 0.5) is 0 Å². The molecule has 0 fully saturated rings. The van der Waals surface area contributed by atoms with Crippen LogP contribution >= 0.6 is 0 Å². The van der Waals surface area contributed by atoms with Crippen LogP contribution in [0.5, 0.6) is 0 Å². The van der Waals surface area contributed by atoms with E-state index >= 15 is 0 Å². The Morgan fingerprint density at radius 1 is 0.500 bits per heavy atom. The lowest BCUT2D eigenvalue weighted by Gasteiger charge is -2.10. The van der Waals surface area contributed by atoms with Crippen molar-refractivity contribution in [3.05, 3.63) is 0 Å². The molecule has 11 heteroatoms. The molecule has 0 saturated carbocycles. The maximum atomic E-state index is 11.1. The minimum absolute atomic E-state index is 0.245. The molecule has 204 valence electrons. The van der Waals surface area contributed by atoms with Gasteiger partial charge in [0.05, 0.1) is 119 Å². The predicted molar refractivity (Wildman–Crippen MR) is 126 cm³/mol. The van der Waals surface area contributed by atoms with Crippen LogP contribution in [0, 0.1) is 0 Å². The molecule has 0 heterocycles. The molecule has 0 atom stereocenters. The minimum atomic E-state index is -0.245. The van der Waals surface area contributed by atoms with E-state index in [2.05, 4.69) is 4.90 Å². The number of nitrogens with zero attached hydrogens (tertiary/aromatic N) is 1. The summed E-state index contributed by atoms with van der Waals surface area (Å²) in [5.74, 6) is -0.245. The zero-order valence-electron chi connectivity index (χ0n) is 21.5. The number of rotatable bonds is 28. The van der Waals surface area contributed by atoms with Gasteiger partial charge in [0.15, 0.2) is 0 Å². The normalized spacial score (nSPS) is 11.4. The van der Waals surface area contributed by atoms with Crippen molar-refractivity contribution in [3.63, 3.8) is 0 Å². The van der Waals surface area contributed by atoms with E-state index in [-0.39, 0.29) is 12.4 Å². The Morgan fingerprint density at radius 2 is 0.794 bits per heavy atom. The highest BCUT2D eigenvalue weighted by Crippen LogP contribution is 1.89. The van der Waals surface area contributed by atoms with E-state index in [1.54, 1.807) is 6.92 Å². The molecular formula is C23H47NO10. The van der Waals surface area contributed by atoms with Gasteiger partial charge in [0.1, 0.15) is 0 Å². The molecule has 0 spiro atoms. The fourth-order valence-corrected chi connectivity index (χ4v) is 2.28. The zero-order valence-corrected chi connectivity index (χ0v) is 21.5. The van der Waals surface area contributed by atoms with Crippen molar-refractivity contribution in [2.24, 2.45) is 0 Å². The van der Waals surface area contributed by atoms with Crippen LogP contribution in [0.15, 0.2) is 0 Å². The molecule has 0 rings (SSSR count). The van der Waals surface area contributed by atoms with Crippen molar-refractivity contribution >= 4 is 5.97 Å². The zero-order chi connectivity index (χ0) is 25.0. The molecule has 34 heavy (non-hydrogen) atoms. The van der Waals surface area contributed by atoms with Crippen molar-refractivity contribution in [2.45, 2.75) is 13.3 Å². The van der Waals surface area contributed by atoms with Crippen LogP contribution in [-0.2, 0) is 47.4 Å². The van der Waals surface area contributed by atoms with Gasteiger partial charge in [-0.05, 0) is 21.0 Å². The molecule has 0 N–H and O–H groups in total. The fraction of sp³-hybridized carbons (Fsp3) is 0.957. The van der Waals surface area contributed by atoms with Crippen molar-refractivity contribution in [3.8, 4) is 0 Å². The SMILES string of the molecule is CCOC(=O)CCOCCOCCOCCOCCOCCOCCOCCOCCN(C)C. The summed E-state index contributed by atoms with van der Waals surface area (Å²) < 4.78 is 48.0. The summed E-state index contributed by atoms with van der Waals surface area (Å²) in [4.78, 5) is 13.2. The van der Waals surface area contributed by atoms with E-state index in [4.69, 9.17) is 42.6 Å². The number of esters is 1. The molecule has 0 aromatic rings. The Kier molecular flexibility index (Phi) is 27.6. The van der Waals surface area contributed by atoms with Crippen molar-refractivity contribution in [1.29, 1.82) is 0 Å². The quantitative estimate of drug-likeness (QED) is 0.112. The summed E-state index contributed by atoms with van der Waals surface area (Å²) in [6.07, 6.45) is 0.264. The van der Waals surface area contributed by atoms with Gasteiger partial charge in [0, 0.05) is 6.54 Å². The fourth-order valence-electron chi connectivity index (χ4n) is 2.28. The third kappa shape index (κ3) is 29.1. The number of hydrogen-bond acceptors (Lipinski definition) is 11. The molecule has 0 amide bonds. The van der Waals surface area contributed by atoms with E-state index in [1.165, 1.54) is 0 Å².